The molecule has 2 aromatic rings. The monoisotopic (exact) mass is 259 g/mol. The zero-order chi connectivity index (χ0) is 10.8. The van der Waals surface area contributed by atoms with Gasteiger partial charge < -0.3 is 5.32 Å². The predicted octanol–water partition coefficient (Wildman–Crippen LogP) is 2.81. The van der Waals surface area contributed by atoms with Crippen molar-refractivity contribution in [1.82, 2.24) is 10.2 Å². The molecule has 0 bridgehead atoms. The second-order valence-corrected chi connectivity index (χ2v) is 5.09. The van der Waals surface area contributed by atoms with Gasteiger partial charge in [0, 0.05) is 5.38 Å². The van der Waals surface area contributed by atoms with Gasteiger partial charge in [0.15, 0.2) is 0 Å². The summed E-state index contributed by atoms with van der Waals surface area (Å²) in [5.74, 6) is -0.277. The first kappa shape index (κ1) is 10.5. The van der Waals surface area contributed by atoms with E-state index < -0.39 is 0 Å². The van der Waals surface area contributed by atoms with Gasteiger partial charge in [-0.2, -0.15) is 0 Å². The molecule has 0 spiro atoms. The molecule has 0 atom stereocenters. The molecule has 0 fully saturated rings. The van der Waals surface area contributed by atoms with E-state index in [-0.39, 0.29) is 15.4 Å². The highest BCUT2D eigenvalue weighted by atomic mass is 35.5. The molecule has 0 unspecified atom stereocenters. The lowest BCUT2D eigenvalue weighted by atomic mass is 10.3. The fourth-order valence-corrected chi connectivity index (χ4v) is 2.47. The number of halogens is 1. The Morgan fingerprint density at radius 2 is 2.27 bits per heavy atom. The van der Waals surface area contributed by atoms with Crippen LogP contribution in [0.4, 0.5) is 5.69 Å². The van der Waals surface area contributed by atoms with Crippen molar-refractivity contribution in [3.8, 4) is 0 Å². The molecule has 0 radical (unpaired) electrons. The molecule has 0 aromatic carbocycles. The van der Waals surface area contributed by atoms with Crippen LogP contribution in [0.5, 0.6) is 0 Å². The van der Waals surface area contributed by atoms with E-state index in [1.807, 2.05) is 17.7 Å². The van der Waals surface area contributed by atoms with Crippen LogP contribution < -0.4 is 5.32 Å². The smallest absolute Gasteiger partial charge is 0.286 e. The van der Waals surface area contributed by atoms with Crippen molar-refractivity contribution in [2.45, 2.75) is 6.92 Å². The minimum atomic E-state index is -0.277. The van der Waals surface area contributed by atoms with E-state index in [9.17, 15) is 4.79 Å². The molecule has 78 valence electrons. The first-order chi connectivity index (χ1) is 7.16. The number of rotatable bonds is 2. The summed E-state index contributed by atoms with van der Waals surface area (Å²) in [4.78, 5) is 11.6. The average molecular weight is 260 g/mol. The molecule has 1 N–H and O–H groups in total. The van der Waals surface area contributed by atoms with Crippen molar-refractivity contribution in [2.24, 2.45) is 0 Å². The summed E-state index contributed by atoms with van der Waals surface area (Å²) in [5, 5.41) is 14.1. The van der Waals surface area contributed by atoms with Crippen LogP contribution in [0.2, 0.25) is 4.47 Å². The second-order valence-electron chi connectivity index (χ2n) is 2.78. The van der Waals surface area contributed by atoms with Crippen LogP contribution in [0.15, 0.2) is 10.8 Å². The van der Waals surface area contributed by atoms with E-state index in [0.717, 1.165) is 22.6 Å². The Kier molecular flexibility index (Phi) is 2.99. The van der Waals surface area contributed by atoms with E-state index in [2.05, 4.69) is 15.5 Å². The number of nitrogens with zero attached hydrogens (tertiary/aromatic N) is 2. The molecular formula is C8H6ClN3OS2. The van der Waals surface area contributed by atoms with Gasteiger partial charge in [-0.1, -0.05) is 11.3 Å². The Hall–Kier alpha value is -0.980. The minimum absolute atomic E-state index is 0.266. The summed E-state index contributed by atoms with van der Waals surface area (Å²) < 4.78 is 0.266. The summed E-state index contributed by atoms with van der Waals surface area (Å²) in [6.07, 6.45) is 0. The third kappa shape index (κ3) is 2.34. The molecule has 2 rings (SSSR count). The first-order valence-electron chi connectivity index (χ1n) is 4.00. The number of hydrogen-bond donors (Lipinski definition) is 1. The molecule has 0 saturated heterocycles. The Labute approximate surface area is 98.9 Å². The van der Waals surface area contributed by atoms with Crippen molar-refractivity contribution < 1.29 is 4.79 Å². The maximum absolute atomic E-state index is 11.6. The van der Waals surface area contributed by atoms with Crippen LogP contribution in [-0.4, -0.2) is 16.1 Å². The lowest BCUT2D eigenvalue weighted by Crippen LogP contribution is -2.11. The van der Waals surface area contributed by atoms with Crippen molar-refractivity contribution in [3.05, 3.63) is 25.8 Å². The molecule has 15 heavy (non-hydrogen) atoms. The van der Waals surface area contributed by atoms with Gasteiger partial charge in [0.25, 0.3) is 5.91 Å². The molecule has 7 heteroatoms. The topological polar surface area (TPSA) is 54.9 Å². The van der Waals surface area contributed by atoms with Gasteiger partial charge in [-0.3, -0.25) is 4.79 Å². The van der Waals surface area contributed by atoms with E-state index in [0.29, 0.717) is 0 Å². The van der Waals surface area contributed by atoms with Crippen LogP contribution in [0.3, 0.4) is 0 Å². The number of thiophene rings is 1. The molecule has 0 aliphatic carbocycles. The van der Waals surface area contributed by atoms with Gasteiger partial charge in [-0.05, 0) is 29.5 Å². The molecule has 0 saturated carbocycles. The minimum Gasteiger partial charge on any atom is -0.319 e. The van der Waals surface area contributed by atoms with Gasteiger partial charge in [0.05, 0.1) is 5.69 Å². The second kappa shape index (κ2) is 4.26. The predicted molar refractivity (Wildman–Crippen MR) is 61.9 cm³/mol. The third-order valence-electron chi connectivity index (χ3n) is 1.70. The van der Waals surface area contributed by atoms with Gasteiger partial charge in [0.2, 0.25) is 9.47 Å². The van der Waals surface area contributed by atoms with Gasteiger partial charge in [-0.15, -0.1) is 21.5 Å². The van der Waals surface area contributed by atoms with Crippen LogP contribution in [0, 0.1) is 6.92 Å². The summed E-state index contributed by atoms with van der Waals surface area (Å²) >= 11 is 8.18. The van der Waals surface area contributed by atoms with Gasteiger partial charge in [0.1, 0.15) is 0 Å². The number of anilines is 1. The Bertz CT molecular complexity index is 494. The molecular weight excluding hydrogens is 254 g/mol. The number of aryl methyl sites for hydroxylation is 1. The SMILES string of the molecule is Cc1cscc1NC(=O)c1nnc(Cl)s1. The number of aromatic nitrogens is 2. The molecule has 4 nitrogen and oxygen atoms in total. The highest BCUT2D eigenvalue weighted by Crippen LogP contribution is 2.21. The van der Waals surface area contributed by atoms with Crippen molar-refractivity contribution >= 4 is 45.9 Å². The molecule has 0 aliphatic rings. The summed E-state index contributed by atoms with van der Waals surface area (Å²) in [5.41, 5.74) is 1.83. The highest BCUT2D eigenvalue weighted by molar-refractivity contribution is 7.17. The maximum Gasteiger partial charge on any atom is 0.286 e. The summed E-state index contributed by atoms with van der Waals surface area (Å²) in [6.45, 7) is 1.93. The number of hydrogen-bond acceptors (Lipinski definition) is 5. The standard InChI is InChI=1S/C8H6ClN3OS2/c1-4-2-14-3-5(4)10-6(13)7-11-12-8(9)15-7/h2-3H,1H3,(H,10,13). The molecule has 0 aliphatic heterocycles. The zero-order valence-corrected chi connectivity index (χ0v) is 10.0. The lowest BCUT2D eigenvalue weighted by molar-refractivity contribution is 0.102. The van der Waals surface area contributed by atoms with Crippen molar-refractivity contribution in [2.75, 3.05) is 5.32 Å². The zero-order valence-electron chi connectivity index (χ0n) is 7.65. The van der Waals surface area contributed by atoms with Crippen LogP contribution in [0.25, 0.3) is 0 Å². The maximum atomic E-state index is 11.6. The van der Waals surface area contributed by atoms with Crippen LogP contribution in [0.1, 0.15) is 15.4 Å². The average Bonchev–Trinajstić information content (AvgIpc) is 2.77. The number of carbonyl (C=O) groups excluding carboxylic acids is 1. The lowest BCUT2D eigenvalue weighted by Gasteiger charge is -1.99. The van der Waals surface area contributed by atoms with E-state index >= 15 is 0 Å². The molecule has 2 heterocycles. The Balaban J connectivity index is 2.14. The normalized spacial score (nSPS) is 10.3. The largest absolute Gasteiger partial charge is 0.319 e. The highest BCUT2D eigenvalue weighted by Gasteiger charge is 2.13. The number of amides is 1. The Morgan fingerprint density at radius 1 is 1.47 bits per heavy atom. The van der Waals surface area contributed by atoms with E-state index in [1.54, 1.807) is 0 Å². The molecule has 2 aromatic heterocycles. The van der Waals surface area contributed by atoms with Gasteiger partial charge in [-0.25, -0.2) is 0 Å². The van der Waals surface area contributed by atoms with E-state index in [4.69, 9.17) is 11.6 Å². The van der Waals surface area contributed by atoms with Crippen molar-refractivity contribution in [3.63, 3.8) is 0 Å². The van der Waals surface area contributed by atoms with Crippen LogP contribution in [-0.2, 0) is 0 Å². The first-order valence-corrected chi connectivity index (χ1v) is 6.13. The summed E-state index contributed by atoms with van der Waals surface area (Å²) in [6, 6.07) is 0. The summed E-state index contributed by atoms with van der Waals surface area (Å²) in [7, 11) is 0. The third-order valence-corrected chi connectivity index (χ3v) is 3.58. The number of carbonyl (C=O) groups is 1. The van der Waals surface area contributed by atoms with Crippen LogP contribution >= 0.6 is 34.3 Å². The van der Waals surface area contributed by atoms with Gasteiger partial charge >= 0.3 is 0 Å². The fraction of sp³-hybridized carbons (Fsp3) is 0.125. The fourth-order valence-electron chi connectivity index (χ4n) is 0.961. The van der Waals surface area contributed by atoms with E-state index in [1.165, 1.54) is 11.3 Å². The number of nitrogens with one attached hydrogen (secondary N) is 1. The Morgan fingerprint density at radius 3 is 2.80 bits per heavy atom. The quantitative estimate of drug-likeness (QED) is 0.902. The van der Waals surface area contributed by atoms with Crippen molar-refractivity contribution in [1.29, 1.82) is 0 Å². The molecule has 1 amide bonds.